The number of benzene rings is 1. The second kappa shape index (κ2) is 6.16. The third-order valence-corrected chi connectivity index (χ3v) is 4.37. The zero-order valence-electron chi connectivity index (χ0n) is 10.7. The Labute approximate surface area is 119 Å². The number of hydrogen-bond acceptors (Lipinski definition) is 5. The number of nitrogens with one attached hydrogen (secondary N) is 1. The lowest BCUT2D eigenvalue weighted by Gasteiger charge is -2.03. The van der Waals surface area contributed by atoms with Crippen LogP contribution < -0.4 is 5.32 Å². The molecule has 19 heavy (non-hydrogen) atoms. The van der Waals surface area contributed by atoms with Crippen LogP contribution in [0, 0.1) is 0 Å². The maximum atomic E-state index is 11.5. The minimum absolute atomic E-state index is 0.0857. The monoisotopic (exact) mass is 294 g/mol. The molecule has 0 aliphatic carbocycles. The normalized spacial score (nSPS) is 10.6. The van der Waals surface area contributed by atoms with Gasteiger partial charge in [0.15, 0.2) is 4.34 Å². The lowest BCUT2D eigenvalue weighted by Crippen LogP contribution is -2.14. The molecule has 1 aromatic carbocycles. The third kappa shape index (κ3) is 3.78. The summed E-state index contributed by atoms with van der Waals surface area (Å²) in [6.45, 7) is 3.49. The standard InChI is InChI=1S/C13H14N2O2S2/c1-3-18-13-15-10-5-4-9(7-11(10)19-13)14-12(17)6-8(2)16/h4-5,7H,3,6H2,1-2H3,(H,14,17). The van der Waals surface area contributed by atoms with E-state index in [1.165, 1.54) is 6.92 Å². The molecule has 0 unspecified atom stereocenters. The molecule has 2 rings (SSSR count). The summed E-state index contributed by atoms with van der Waals surface area (Å²) in [6, 6.07) is 5.58. The van der Waals surface area contributed by atoms with Crippen molar-refractivity contribution >= 4 is 50.7 Å². The molecule has 0 aliphatic rings. The number of hydrogen-bond donors (Lipinski definition) is 1. The molecule has 0 fully saturated rings. The number of Topliss-reactive ketones (excluding diaryl/α,β-unsaturated/α-hetero) is 1. The highest BCUT2D eigenvalue weighted by Crippen LogP contribution is 2.31. The first-order valence-electron chi connectivity index (χ1n) is 5.91. The van der Waals surface area contributed by atoms with Gasteiger partial charge in [0, 0.05) is 5.69 Å². The Morgan fingerprint density at radius 1 is 1.42 bits per heavy atom. The molecule has 0 radical (unpaired) electrons. The minimum Gasteiger partial charge on any atom is -0.326 e. The Bertz CT molecular complexity index is 622. The molecule has 2 aromatic rings. The topological polar surface area (TPSA) is 59.1 Å². The largest absolute Gasteiger partial charge is 0.326 e. The molecule has 100 valence electrons. The van der Waals surface area contributed by atoms with Gasteiger partial charge in [-0.2, -0.15) is 0 Å². The second-order valence-electron chi connectivity index (χ2n) is 4.02. The molecule has 1 N–H and O–H groups in total. The number of thiazole rings is 1. The highest BCUT2D eigenvalue weighted by molar-refractivity contribution is 8.01. The second-order valence-corrected chi connectivity index (χ2v) is 6.56. The lowest BCUT2D eigenvalue weighted by molar-refractivity contribution is -0.124. The van der Waals surface area contributed by atoms with E-state index in [4.69, 9.17) is 0 Å². The van der Waals surface area contributed by atoms with E-state index >= 15 is 0 Å². The Kier molecular flexibility index (Phi) is 4.55. The number of thioether (sulfide) groups is 1. The van der Waals surface area contributed by atoms with Crippen molar-refractivity contribution in [1.82, 2.24) is 4.98 Å². The Morgan fingerprint density at radius 2 is 2.21 bits per heavy atom. The number of aromatic nitrogens is 1. The Balaban J connectivity index is 2.16. The van der Waals surface area contributed by atoms with Crippen molar-refractivity contribution in [2.75, 3.05) is 11.1 Å². The van der Waals surface area contributed by atoms with Crippen molar-refractivity contribution < 1.29 is 9.59 Å². The van der Waals surface area contributed by atoms with Crippen LogP contribution in [0.25, 0.3) is 10.2 Å². The molecule has 1 aromatic heterocycles. The molecule has 6 heteroatoms. The van der Waals surface area contributed by atoms with Crippen LogP contribution >= 0.6 is 23.1 Å². The van der Waals surface area contributed by atoms with Gasteiger partial charge >= 0.3 is 0 Å². The van der Waals surface area contributed by atoms with Crippen LogP contribution in [0.1, 0.15) is 20.3 Å². The molecule has 0 saturated carbocycles. The van der Waals surface area contributed by atoms with Crippen LogP contribution in [0.15, 0.2) is 22.5 Å². The molecule has 0 bridgehead atoms. The number of nitrogens with zero attached hydrogens (tertiary/aromatic N) is 1. The van der Waals surface area contributed by atoms with Crippen molar-refractivity contribution in [2.45, 2.75) is 24.6 Å². The number of carbonyl (C=O) groups excluding carboxylic acids is 2. The maximum Gasteiger partial charge on any atom is 0.231 e. The average molecular weight is 294 g/mol. The molecule has 0 saturated heterocycles. The highest BCUT2D eigenvalue weighted by Gasteiger charge is 2.08. The number of rotatable bonds is 5. The summed E-state index contributed by atoms with van der Waals surface area (Å²) in [7, 11) is 0. The molecular formula is C13H14N2O2S2. The van der Waals surface area contributed by atoms with Crippen LogP contribution in [0.5, 0.6) is 0 Å². The minimum atomic E-state index is -0.278. The first-order chi connectivity index (χ1) is 9.08. The summed E-state index contributed by atoms with van der Waals surface area (Å²) in [5, 5.41) is 2.72. The molecule has 0 spiro atoms. The van der Waals surface area contributed by atoms with Gasteiger partial charge < -0.3 is 5.32 Å². The van der Waals surface area contributed by atoms with E-state index in [1.807, 2.05) is 12.1 Å². The zero-order chi connectivity index (χ0) is 13.8. The smallest absolute Gasteiger partial charge is 0.231 e. The lowest BCUT2D eigenvalue weighted by atomic mass is 10.2. The van der Waals surface area contributed by atoms with Crippen molar-refractivity contribution in [2.24, 2.45) is 0 Å². The number of anilines is 1. The molecule has 4 nitrogen and oxygen atoms in total. The predicted molar refractivity (Wildman–Crippen MR) is 79.9 cm³/mol. The van der Waals surface area contributed by atoms with Gasteiger partial charge in [0.2, 0.25) is 5.91 Å². The first-order valence-corrected chi connectivity index (χ1v) is 7.71. The summed E-state index contributed by atoms with van der Waals surface area (Å²) in [5.74, 6) is 0.569. The number of fused-ring (bicyclic) bond motifs is 1. The predicted octanol–water partition coefficient (Wildman–Crippen LogP) is 3.33. The van der Waals surface area contributed by atoms with Crippen LogP contribution in [0.3, 0.4) is 0 Å². The summed E-state index contributed by atoms with van der Waals surface area (Å²) >= 11 is 3.32. The number of ketones is 1. The molecule has 1 heterocycles. The van der Waals surface area contributed by atoms with Gasteiger partial charge in [-0.1, -0.05) is 18.7 Å². The van der Waals surface area contributed by atoms with Crippen molar-refractivity contribution in [3.8, 4) is 0 Å². The Morgan fingerprint density at radius 3 is 2.89 bits per heavy atom. The summed E-state index contributed by atoms with van der Waals surface area (Å²) in [4.78, 5) is 26.9. The van der Waals surface area contributed by atoms with Crippen LogP contribution in [0.4, 0.5) is 5.69 Å². The molecule has 1 amide bonds. The van der Waals surface area contributed by atoms with Crippen LogP contribution in [0.2, 0.25) is 0 Å². The first kappa shape index (κ1) is 14.0. The zero-order valence-corrected chi connectivity index (χ0v) is 12.4. The van der Waals surface area contributed by atoms with Crippen molar-refractivity contribution in [1.29, 1.82) is 0 Å². The number of carbonyl (C=O) groups is 2. The van der Waals surface area contributed by atoms with Crippen LogP contribution in [-0.4, -0.2) is 22.4 Å². The van der Waals surface area contributed by atoms with E-state index in [0.717, 1.165) is 20.3 Å². The third-order valence-electron chi connectivity index (χ3n) is 2.33. The number of amides is 1. The molecular weight excluding hydrogens is 280 g/mol. The quantitative estimate of drug-likeness (QED) is 0.679. The van der Waals surface area contributed by atoms with Gasteiger partial charge in [0.25, 0.3) is 0 Å². The van der Waals surface area contributed by atoms with Gasteiger partial charge in [-0.15, -0.1) is 11.3 Å². The van der Waals surface area contributed by atoms with E-state index in [9.17, 15) is 9.59 Å². The van der Waals surface area contributed by atoms with Gasteiger partial charge in [-0.25, -0.2) is 4.98 Å². The fourth-order valence-corrected chi connectivity index (χ4v) is 3.60. The maximum absolute atomic E-state index is 11.5. The van der Waals surface area contributed by atoms with E-state index in [2.05, 4.69) is 17.2 Å². The van der Waals surface area contributed by atoms with Gasteiger partial charge in [-0.05, 0) is 30.9 Å². The Hall–Kier alpha value is -1.40. The average Bonchev–Trinajstić information content (AvgIpc) is 2.69. The van der Waals surface area contributed by atoms with Crippen molar-refractivity contribution in [3.63, 3.8) is 0 Å². The fraction of sp³-hybridized carbons (Fsp3) is 0.308. The summed E-state index contributed by atoms with van der Waals surface area (Å²) in [6.07, 6.45) is -0.0857. The fourth-order valence-electron chi connectivity index (χ4n) is 1.60. The SMILES string of the molecule is CCSc1nc2ccc(NC(=O)CC(C)=O)cc2s1. The summed E-state index contributed by atoms with van der Waals surface area (Å²) in [5.41, 5.74) is 1.64. The van der Waals surface area contributed by atoms with Gasteiger partial charge in [-0.3, -0.25) is 9.59 Å². The molecule has 0 aliphatic heterocycles. The molecule has 0 atom stereocenters. The highest BCUT2D eigenvalue weighted by atomic mass is 32.2. The van der Waals surface area contributed by atoms with Gasteiger partial charge in [0.05, 0.1) is 16.6 Å². The van der Waals surface area contributed by atoms with Crippen molar-refractivity contribution in [3.05, 3.63) is 18.2 Å². The van der Waals surface area contributed by atoms with E-state index in [0.29, 0.717) is 5.69 Å². The van der Waals surface area contributed by atoms with E-state index in [1.54, 1.807) is 29.2 Å². The van der Waals surface area contributed by atoms with E-state index in [-0.39, 0.29) is 18.1 Å². The van der Waals surface area contributed by atoms with E-state index < -0.39 is 0 Å². The summed E-state index contributed by atoms with van der Waals surface area (Å²) < 4.78 is 2.07. The van der Waals surface area contributed by atoms with Gasteiger partial charge in [0.1, 0.15) is 5.78 Å². The van der Waals surface area contributed by atoms with Crippen LogP contribution in [-0.2, 0) is 9.59 Å².